The highest BCUT2D eigenvalue weighted by molar-refractivity contribution is 6.22. The van der Waals surface area contributed by atoms with E-state index in [0.717, 1.165) is 0 Å². The van der Waals surface area contributed by atoms with Crippen LogP contribution in [0.15, 0.2) is 28.3 Å². The van der Waals surface area contributed by atoms with Gasteiger partial charge in [-0.05, 0) is 30.5 Å². The number of amidine groups is 1. The van der Waals surface area contributed by atoms with E-state index in [9.17, 15) is 4.79 Å². The predicted molar refractivity (Wildman–Crippen MR) is 105 cm³/mol. The number of alkyl halides is 1. The molecule has 7 atom stereocenters. The predicted octanol–water partition coefficient (Wildman–Crippen LogP) is -0.754. The molecular weight excluding hydrogens is 380 g/mol. The van der Waals surface area contributed by atoms with E-state index in [2.05, 4.69) is 10.3 Å². The number of rotatable bonds is 1. The number of carbonyl (C=O) groups excluding carboxylic acids is 1. The lowest BCUT2D eigenvalue weighted by Gasteiger charge is -2.50. The molecule has 1 aromatic heterocycles. The second-order valence-corrected chi connectivity index (χ2v) is 9.19. The fraction of sp³-hybridized carbons (Fsp3) is 0.611. The van der Waals surface area contributed by atoms with Gasteiger partial charge in [-0.25, -0.2) is 4.99 Å². The first kappa shape index (κ1) is 16.7. The molecule has 2 unspecified atom stereocenters. The number of aliphatic imine (C=N–C) groups is 2. The molecule has 1 aliphatic carbocycles. The van der Waals surface area contributed by atoms with Crippen LogP contribution in [0.3, 0.4) is 0 Å². The summed E-state index contributed by atoms with van der Waals surface area (Å²) in [5.41, 5.74) is 18.0. The molecule has 1 amide bonds. The fourth-order valence-electron chi connectivity index (χ4n) is 6.84. The quantitative estimate of drug-likeness (QED) is 0.457. The Kier molecular flexibility index (Phi) is 2.98. The Morgan fingerprint density at radius 1 is 1.39 bits per heavy atom. The minimum atomic E-state index is -0.769. The second-order valence-electron chi connectivity index (χ2n) is 8.72. The van der Waals surface area contributed by atoms with Gasteiger partial charge in [-0.2, -0.15) is 0 Å². The Hall–Kier alpha value is -2.26. The minimum absolute atomic E-state index is 0.00449. The van der Waals surface area contributed by atoms with Gasteiger partial charge in [-0.1, -0.05) is 0 Å². The topological polar surface area (TPSA) is 140 Å². The number of guanidine groups is 1. The summed E-state index contributed by atoms with van der Waals surface area (Å²) >= 11 is 7.06. The maximum absolute atomic E-state index is 13.4. The van der Waals surface area contributed by atoms with Crippen molar-refractivity contribution in [3.05, 3.63) is 24.0 Å². The smallest absolute Gasteiger partial charge is 0.272 e. The Labute approximate surface area is 167 Å². The van der Waals surface area contributed by atoms with Gasteiger partial charge in [0.2, 0.25) is 0 Å². The van der Waals surface area contributed by atoms with Crippen LogP contribution in [0.4, 0.5) is 0 Å². The van der Waals surface area contributed by atoms with Crippen LogP contribution in [0.5, 0.6) is 0 Å². The monoisotopic (exact) mass is 402 g/mol. The van der Waals surface area contributed by atoms with Gasteiger partial charge >= 0.3 is 0 Å². The van der Waals surface area contributed by atoms with E-state index in [-0.39, 0.29) is 40.6 Å². The van der Waals surface area contributed by atoms with Crippen molar-refractivity contribution < 1.29 is 4.79 Å². The summed E-state index contributed by atoms with van der Waals surface area (Å²) in [4.78, 5) is 24.6. The van der Waals surface area contributed by atoms with E-state index >= 15 is 0 Å². The molecule has 0 bridgehead atoms. The molecule has 2 spiro atoms. The number of fused-ring (bicyclic) bond motifs is 4. The van der Waals surface area contributed by atoms with Crippen molar-refractivity contribution in [3.63, 3.8) is 0 Å². The van der Waals surface area contributed by atoms with Crippen LogP contribution >= 0.6 is 11.6 Å². The number of amides is 1. The Morgan fingerprint density at radius 2 is 2.21 bits per heavy atom. The number of hydrogen-bond donors (Lipinski definition) is 4. The Bertz CT molecular complexity index is 957. The highest BCUT2D eigenvalue weighted by Gasteiger charge is 2.76. The van der Waals surface area contributed by atoms with E-state index in [1.807, 2.05) is 27.8 Å². The summed E-state index contributed by atoms with van der Waals surface area (Å²) in [5, 5.41) is 3.25. The molecule has 148 valence electrons. The summed E-state index contributed by atoms with van der Waals surface area (Å²) < 4.78 is 1.93. The van der Waals surface area contributed by atoms with Crippen LogP contribution in [-0.2, 0) is 0 Å². The van der Waals surface area contributed by atoms with Gasteiger partial charge in [0, 0.05) is 42.4 Å². The lowest BCUT2D eigenvalue weighted by molar-refractivity contribution is -0.0101. The van der Waals surface area contributed by atoms with Gasteiger partial charge in [0.05, 0.1) is 5.84 Å². The third-order valence-electron chi connectivity index (χ3n) is 7.69. The number of hydrogen-bond acceptors (Lipinski definition) is 7. The summed E-state index contributed by atoms with van der Waals surface area (Å²) in [6.07, 6.45) is 2.16. The summed E-state index contributed by atoms with van der Waals surface area (Å²) in [6, 6.07) is 3.71. The zero-order chi connectivity index (χ0) is 19.4. The SMILES string of the molecule is NC[C@H]1[C@H]2CN3C(=O)c4cccn4C4N=C(N)NC43[C@H]2[C@]2(CN=C(N)C2)[C@H]1Cl. The minimum Gasteiger partial charge on any atom is -0.387 e. The van der Waals surface area contributed by atoms with E-state index in [1.54, 1.807) is 0 Å². The standard InChI is InChI=1S/C18H23ClN8O/c19-13-8(5-20)9-6-27-14(28)10-2-1-3-26(10)15-18(27,25-16(22)24-15)12(9)17(13)4-11(21)23-7-17/h1-3,8-9,12-13,15H,4-7,20H2,(H2,21,23)(H3,22,24,25)/t8-,9+,12+,13-,15?,17-,18?/m0/s1. The normalized spacial score (nSPS) is 45.4. The van der Waals surface area contributed by atoms with E-state index in [0.29, 0.717) is 43.5 Å². The highest BCUT2D eigenvalue weighted by Crippen LogP contribution is 2.67. The molecule has 10 heteroatoms. The van der Waals surface area contributed by atoms with Gasteiger partial charge in [-0.15, -0.1) is 11.6 Å². The van der Waals surface area contributed by atoms with Gasteiger partial charge in [-0.3, -0.25) is 9.79 Å². The largest absolute Gasteiger partial charge is 0.387 e. The molecule has 9 nitrogen and oxygen atoms in total. The average molecular weight is 403 g/mol. The third kappa shape index (κ3) is 1.59. The van der Waals surface area contributed by atoms with Crippen molar-refractivity contribution in [1.82, 2.24) is 14.8 Å². The molecule has 6 rings (SSSR count). The average Bonchev–Trinajstić information content (AvgIpc) is 3.42. The molecule has 0 aromatic carbocycles. The van der Waals surface area contributed by atoms with Crippen molar-refractivity contribution in [2.24, 2.45) is 50.4 Å². The zero-order valence-corrected chi connectivity index (χ0v) is 16.0. The second kappa shape index (κ2) is 5.01. The molecular formula is C18H23ClN8O. The first-order valence-electron chi connectivity index (χ1n) is 9.67. The van der Waals surface area contributed by atoms with E-state index < -0.39 is 5.66 Å². The zero-order valence-electron chi connectivity index (χ0n) is 15.3. The molecule has 0 radical (unpaired) electrons. The Morgan fingerprint density at radius 3 is 2.93 bits per heavy atom. The first-order chi connectivity index (χ1) is 13.4. The number of nitrogens with zero attached hydrogens (tertiary/aromatic N) is 4. The highest BCUT2D eigenvalue weighted by atomic mass is 35.5. The lowest BCUT2D eigenvalue weighted by Crippen LogP contribution is -2.69. The van der Waals surface area contributed by atoms with Crippen LogP contribution in [-0.4, -0.2) is 57.8 Å². The summed E-state index contributed by atoms with van der Waals surface area (Å²) in [6.45, 7) is 1.58. The maximum atomic E-state index is 13.4. The first-order valence-corrected chi connectivity index (χ1v) is 10.1. The molecule has 2 fully saturated rings. The number of carbonyl (C=O) groups is 1. The number of halogens is 1. The van der Waals surface area contributed by atoms with Crippen LogP contribution in [0.25, 0.3) is 0 Å². The molecule has 1 aromatic rings. The number of nitrogens with two attached hydrogens (primary N) is 3. The number of nitrogens with one attached hydrogen (secondary N) is 1. The Balaban J connectivity index is 1.58. The molecule has 1 saturated heterocycles. The summed E-state index contributed by atoms with van der Waals surface area (Å²) in [5.74, 6) is 1.15. The fourth-order valence-corrected chi connectivity index (χ4v) is 7.41. The molecule has 7 N–H and O–H groups in total. The van der Waals surface area contributed by atoms with Crippen LogP contribution < -0.4 is 22.5 Å². The van der Waals surface area contributed by atoms with Crippen molar-refractivity contribution >= 4 is 29.3 Å². The van der Waals surface area contributed by atoms with Gasteiger partial charge in [0.1, 0.15) is 5.69 Å². The van der Waals surface area contributed by atoms with E-state index in [1.165, 1.54) is 0 Å². The molecule has 1 saturated carbocycles. The van der Waals surface area contributed by atoms with Crippen LogP contribution in [0, 0.1) is 23.2 Å². The van der Waals surface area contributed by atoms with Crippen LogP contribution in [0.2, 0.25) is 0 Å². The van der Waals surface area contributed by atoms with Crippen molar-refractivity contribution in [2.75, 3.05) is 19.6 Å². The molecule has 5 aliphatic rings. The summed E-state index contributed by atoms with van der Waals surface area (Å²) in [7, 11) is 0. The number of aromatic nitrogens is 1. The van der Waals surface area contributed by atoms with Crippen molar-refractivity contribution in [3.8, 4) is 0 Å². The van der Waals surface area contributed by atoms with E-state index in [4.69, 9.17) is 33.8 Å². The third-order valence-corrected chi connectivity index (χ3v) is 8.44. The van der Waals surface area contributed by atoms with Gasteiger partial charge in [0.25, 0.3) is 5.91 Å². The molecule has 4 aliphatic heterocycles. The maximum Gasteiger partial charge on any atom is 0.272 e. The van der Waals surface area contributed by atoms with Crippen LogP contribution in [0.1, 0.15) is 23.1 Å². The van der Waals surface area contributed by atoms with Gasteiger partial charge in [0.15, 0.2) is 17.8 Å². The van der Waals surface area contributed by atoms with Crippen molar-refractivity contribution in [1.29, 1.82) is 0 Å². The lowest BCUT2D eigenvalue weighted by atomic mass is 9.68. The molecule has 5 heterocycles. The van der Waals surface area contributed by atoms with Gasteiger partial charge < -0.3 is 32.0 Å². The molecule has 28 heavy (non-hydrogen) atoms. The van der Waals surface area contributed by atoms with Crippen molar-refractivity contribution in [2.45, 2.75) is 23.6 Å².